The highest BCUT2D eigenvalue weighted by atomic mass is 32.2. The number of carbonyl (C=O) groups excluding carboxylic acids is 1. The van der Waals surface area contributed by atoms with E-state index in [1.54, 1.807) is 11.8 Å². The summed E-state index contributed by atoms with van der Waals surface area (Å²) in [5, 5.41) is 0.929. The number of nitrogens with zero attached hydrogens (tertiary/aromatic N) is 1. The molecule has 1 aliphatic rings. The zero-order valence-electron chi connectivity index (χ0n) is 9.05. The molecule has 0 unspecified atom stereocenters. The fourth-order valence-corrected chi connectivity index (χ4v) is 2.50. The fourth-order valence-electron chi connectivity index (χ4n) is 1.47. The van der Waals surface area contributed by atoms with Crippen molar-refractivity contribution in [2.45, 2.75) is 13.0 Å². The van der Waals surface area contributed by atoms with Gasteiger partial charge in [-0.05, 0) is 6.92 Å². The Morgan fingerprint density at radius 1 is 1.50 bits per heavy atom. The second-order valence-corrected chi connectivity index (χ2v) is 4.39. The fraction of sp³-hybridized carbons (Fsp3) is 0.333. The van der Waals surface area contributed by atoms with Crippen molar-refractivity contribution < 1.29 is 9.53 Å². The molecule has 0 amide bonds. The lowest BCUT2D eigenvalue weighted by Gasteiger charge is -2.03. The van der Waals surface area contributed by atoms with Crippen molar-refractivity contribution >= 4 is 22.8 Å². The summed E-state index contributed by atoms with van der Waals surface area (Å²) in [5.41, 5.74) is 1.07. The van der Waals surface area contributed by atoms with E-state index in [9.17, 15) is 4.79 Å². The van der Waals surface area contributed by atoms with Crippen LogP contribution in [0.3, 0.4) is 0 Å². The van der Waals surface area contributed by atoms with Crippen LogP contribution in [0, 0.1) is 0 Å². The van der Waals surface area contributed by atoms with Crippen LogP contribution in [0.25, 0.3) is 0 Å². The minimum Gasteiger partial charge on any atom is -0.464 e. The summed E-state index contributed by atoms with van der Waals surface area (Å²) in [4.78, 5) is 15.9. The first-order valence-electron chi connectivity index (χ1n) is 5.24. The summed E-state index contributed by atoms with van der Waals surface area (Å²) in [6.45, 7) is 2.22. The van der Waals surface area contributed by atoms with Gasteiger partial charge in [0, 0.05) is 11.3 Å². The molecule has 0 spiro atoms. The third kappa shape index (κ3) is 2.44. The van der Waals surface area contributed by atoms with Gasteiger partial charge in [0.1, 0.15) is 0 Å². The Kier molecular flexibility index (Phi) is 3.62. The van der Waals surface area contributed by atoms with Gasteiger partial charge in [-0.3, -0.25) is 4.99 Å². The number of ether oxygens (including phenoxy) is 1. The van der Waals surface area contributed by atoms with E-state index in [-0.39, 0.29) is 12.0 Å². The third-order valence-corrected chi connectivity index (χ3v) is 3.33. The first-order chi connectivity index (χ1) is 7.81. The standard InChI is InChI=1S/C12H13NO2S/c1-2-15-12(14)10-8-16-11(13-10)9-6-4-3-5-7-9/h3-7,10H,2,8H2,1H3/t10-/m1/s1. The van der Waals surface area contributed by atoms with Gasteiger partial charge in [0.2, 0.25) is 0 Å². The number of carbonyl (C=O) groups is 1. The second kappa shape index (κ2) is 5.16. The molecule has 1 aliphatic heterocycles. The first kappa shape index (κ1) is 11.2. The van der Waals surface area contributed by atoms with Crippen molar-refractivity contribution in [2.24, 2.45) is 4.99 Å². The summed E-state index contributed by atoms with van der Waals surface area (Å²) in [7, 11) is 0. The Bertz CT molecular complexity index is 403. The predicted octanol–water partition coefficient (Wildman–Crippen LogP) is 2.11. The van der Waals surface area contributed by atoms with E-state index in [1.165, 1.54) is 0 Å². The molecule has 16 heavy (non-hydrogen) atoms. The third-order valence-electron chi connectivity index (χ3n) is 2.23. The van der Waals surface area contributed by atoms with E-state index in [0.717, 1.165) is 10.6 Å². The van der Waals surface area contributed by atoms with E-state index < -0.39 is 0 Å². The van der Waals surface area contributed by atoms with Crippen LogP contribution in [0.15, 0.2) is 35.3 Å². The Hall–Kier alpha value is -1.29. The monoisotopic (exact) mass is 235 g/mol. The molecule has 0 saturated carbocycles. The van der Waals surface area contributed by atoms with E-state index in [0.29, 0.717) is 12.4 Å². The SMILES string of the molecule is CCOC(=O)[C@H]1CSC(c2ccccc2)=N1. The highest BCUT2D eigenvalue weighted by Gasteiger charge is 2.26. The van der Waals surface area contributed by atoms with Crippen molar-refractivity contribution in [1.82, 2.24) is 0 Å². The van der Waals surface area contributed by atoms with Crippen molar-refractivity contribution in [3.8, 4) is 0 Å². The van der Waals surface area contributed by atoms with Gasteiger partial charge < -0.3 is 4.74 Å². The van der Waals surface area contributed by atoms with Crippen LogP contribution >= 0.6 is 11.8 Å². The lowest BCUT2D eigenvalue weighted by atomic mass is 10.2. The largest absolute Gasteiger partial charge is 0.464 e. The Labute approximate surface area is 98.9 Å². The molecule has 3 nitrogen and oxygen atoms in total. The minimum absolute atomic E-state index is 0.221. The number of esters is 1. The maximum atomic E-state index is 11.5. The summed E-state index contributed by atoms with van der Waals surface area (Å²) in [5.74, 6) is 0.462. The molecule has 1 atom stereocenters. The molecule has 0 fully saturated rings. The number of rotatable bonds is 3. The van der Waals surface area contributed by atoms with Crippen molar-refractivity contribution in [3.63, 3.8) is 0 Å². The Morgan fingerprint density at radius 3 is 2.94 bits per heavy atom. The number of hydrogen-bond acceptors (Lipinski definition) is 4. The average Bonchev–Trinajstić information content (AvgIpc) is 2.80. The van der Waals surface area contributed by atoms with Crippen LogP contribution in [0.5, 0.6) is 0 Å². The highest BCUT2D eigenvalue weighted by molar-refractivity contribution is 8.14. The zero-order chi connectivity index (χ0) is 11.4. The van der Waals surface area contributed by atoms with Crippen LogP contribution < -0.4 is 0 Å². The second-order valence-electron chi connectivity index (χ2n) is 3.38. The molecular weight excluding hydrogens is 222 g/mol. The van der Waals surface area contributed by atoms with Crippen LogP contribution in [0.2, 0.25) is 0 Å². The molecule has 1 aromatic carbocycles. The molecule has 0 aromatic heterocycles. The molecule has 84 valence electrons. The predicted molar refractivity (Wildman–Crippen MR) is 65.9 cm³/mol. The minimum atomic E-state index is -0.333. The molecule has 0 radical (unpaired) electrons. The van der Waals surface area contributed by atoms with Gasteiger partial charge in [-0.2, -0.15) is 0 Å². The molecule has 0 N–H and O–H groups in total. The Morgan fingerprint density at radius 2 is 2.25 bits per heavy atom. The van der Waals surface area contributed by atoms with Gasteiger partial charge >= 0.3 is 5.97 Å². The summed E-state index contributed by atoms with van der Waals surface area (Å²) >= 11 is 1.61. The molecule has 4 heteroatoms. The summed E-state index contributed by atoms with van der Waals surface area (Å²) < 4.78 is 4.95. The van der Waals surface area contributed by atoms with Gasteiger partial charge in [0.15, 0.2) is 6.04 Å². The van der Waals surface area contributed by atoms with Gasteiger partial charge in [0.05, 0.1) is 11.7 Å². The lowest BCUT2D eigenvalue weighted by Crippen LogP contribution is -2.21. The highest BCUT2D eigenvalue weighted by Crippen LogP contribution is 2.23. The van der Waals surface area contributed by atoms with Crippen LogP contribution in [0.4, 0.5) is 0 Å². The number of benzene rings is 1. The number of thioether (sulfide) groups is 1. The molecule has 0 bridgehead atoms. The van der Waals surface area contributed by atoms with E-state index in [4.69, 9.17) is 4.74 Å². The lowest BCUT2D eigenvalue weighted by molar-refractivity contribution is -0.143. The van der Waals surface area contributed by atoms with Crippen LogP contribution in [-0.4, -0.2) is 29.4 Å². The van der Waals surface area contributed by atoms with Gasteiger partial charge in [-0.25, -0.2) is 4.79 Å². The summed E-state index contributed by atoms with van der Waals surface area (Å²) in [6.07, 6.45) is 0. The van der Waals surface area contributed by atoms with Crippen molar-refractivity contribution in [1.29, 1.82) is 0 Å². The van der Waals surface area contributed by atoms with Gasteiger partial charge in [-0.1, -0.05) is 30.3 Å². The first-order valence-corrected chi connectivity index (χ1v) is 6.22. The smallest absolute Gasteiger partial charge is 0.331 e. The molecule has 1 aromatic rings. The van der Waals surface area contributed by atoms with Gasteiger partial charge in [0.25, 0.3) is 0 Å². The van der Waals surface area contributed by atoms with Crippen molar-refractivity contribution in [3.05, 3.63) is 35.9 Å². The normalized spacial score (nSPS) is 19.3. The average molecular weight is 235 g/mol. The summed E-state index contributed by atoms with van der Waals surface area (Å²) in [6, 6.07) is 9.57. The van der Waals surface area contributed by atoms with E-state index in [1.807, 2.05) is 37.3 Å². The van der Waals surface area contributed by atoms with Gasteiger partial charge in [-0.15, -0.1) is 11.8 Å². The van der Waals surface area contributed by atoms with Crippen LogP contribution in [-0.2, 0) is 9.53 Å². The molecular formula is C12H13NO2S. The maximum absolute atomic E-state index is 11.5. The number of aliphatic imine (C=N–C) groups is 1. The molecule has 0 saturated heterocycles. The maximum Gasteiger partial charge on any atom is 0.331 e. The van der Waals surface area contributed by atoms with E-state index >= 15 is 0 Å². The van der Waals surface area contributed by atoms with E-state index in [2.05, 4.69) is 4.99 Å². The molecule has 0 aliphatic carbocycles. The number of hydrogen-bond donors (Lipinski definition) is 0. The van der Waals surface area contributed by atoms with Crippen LogP contribution in [0.1, 0.15) is 12.5 Å². The van der Waals surface area contributed by atoms with Crippen molar-refractivity contribution in [2.75, 3.05) is 12.4 Å². The molecule has 1 heterocycles. The topological polar surface area (TPSA) is 38.7 Å². The quantitative estimate of drug-likeness (QED) is 0.753. The molecule has 2 rings (SSSR count). The Balaban J connectivity index is 2.09. The zero-order valence-corrected chi connectivity index (χ0v) is 9.87.